The Kier molecular flexibility index (Phi) is 18.6. The summed E-state index contributed by atoms with van der Waals surface area (Å²) >= 11 is 0. The van der Waals surface area contributed by atoms with Crippen LogP contribution in [0.5, 0.6) is 0 Å². The molecule has 0 aliphatic heterocycles. The van der Waals surface area contributed by atoms with Crippen molar-refractivity contribution in [2.24, 2.45) is 0 Å². The molecule has 0 aromatic carbocycles. The predicted molar refractivity (Wildman–Crippen MR) is 142 cm³/mol. The van der Waals surface area contributed by atoms with E-state index in [1.807, 2.05) is 0 Å². The van der Waals surface area contributed by atoms with Gasteiger partial charge in [0, 0.05) is 0 Å². The zero-order valence-corrected chi connectivity index (χ0v) is 36.3. The first kappa shape index (κ1) is 81.1. The molecule has 0 aromatic rings. The molecule has 0 N–H and O–H groups in total. The number of halogens is 54. The minimum atomic E-state index is -14.7. The maximum atomic E-state index is 16.8. The molecule has 59 heteroatoms. The SMILES string of the molecule is O=S(=O)(C(F)(C(F)(F)C(F)(F)C(F)(F)C(F)(F)C(F)(F)C(F)(F)C(F)(F)F)C(F)(OC(F)(F)C(F)(F)C(F)(F)F)C(F)(F)F)C(F)(C(F)(F)C(F)(F)C(F)(F)C(F)(F)C(F)(F)C(F)(F)C(F)(F)F)C(F)(OC(F)(F)C(F)(F)C(F)(F)F)C(F)(F)F. The molecule has 0 heterocycles. The highest BCUT2D eigenvalue weighted by atomic mass is 32.2. The maximum Gasteiger partial charge on any atom is 0.462 e. The number of sulfone groups is 1. The Morgan fingerprint density at radius 2 is 0.294 bits per heavy atom. The van der Waals surface area contributed by atoms with E-state index in [1.165, 1.54) is 0 Å². The first-order valence-corrected chi connectivity index (χ1v) is 18.7. The Balaban J connectivity index is 11.5. The maximum absolute atomic E-state index is 16.8. The molecule has 512 valence electrons. The van der Waals surface area contributed by atoms with Gasteiger partial charge in [-0.05, 0) is 0 Å². The zero-order valence-electron chi connectivity index (χ0n) is 35.5. The molecule has 0 amide bonds. The molecule has 0 saturated heterocycles. The van der Waals surface area contributed by atoms with Crippen LogP contribution in [0, 0.1) is 0 Å². The van der Waals surface area contributed by atoms with Crippen LogP contribution in [0.15, 0.2) is 0 Å². The Morgan fingerprint density at radius 3 is 0.424 bits per heavy atom. The lowest BCUT2D eigenvalue weighted by Crippen LogP contribution is -2.87. The second kappa shape index (κ2) is 19.5. The third-order valence-electron chi connectivity index (χ3n) is 9.74. The fourth-order valence-electron chi connectivity index (χ4n) is 5.04. The third kappa shape index (κ3) is 9.73. The molecule has 0 rings (SSSR count). The van der Waals surface area contributed by atoms with Crippen molar-refractivity contribution >= 4 is 9.84 Å². The van der Waals surface area contributed by atoms with E-state index in [4.69, 9.17) is 0 Å². The summed E-state index contributed by atoms with van der Waals surface area (Å²) < 4.78 is 787. The van der Waals surface area contributed by atoms with Crippen LogP contribution in [0.3, 0.4) is 0 Å². The lowest BCUT2D eigenvalue weighted by atomic mass is 9.87. The van der Waals surface area contributed by atoms with Crippen molar-refractivity contribution in [2.45, 2.75) is 154 Å². The molecule has 0 radical (unpaired) electrons. The fourth-order valence-corrected chi connectivity index (χ4v) is 7.37. The van der Waals surface area contributed by atoms with E-state index in [0.717, 1.165) is 0 Å². The number of alkyl halides is 54. The molecule has 0 bridgehead atoms. The first-order valence-electron chi connectivity index (χ1n) is 17.3. The van der Waals surface area contributed by atoms with E-state index >= 15 is 52.7 Å². The van der Waals surface area contributed by atoms with Gasteiger partial charge in [0.2, 0.25) is 9.84 Å². The van der Waals surface area contributed by atoms with Crippen molar-refractivity contribution in [3.8, 4) is 0 Å². The molecule has 4 atom stereocenters. The van der Waals surface area contributed by atoms with Gasteiger partial charge in [0.05, 0.1) is 0 Å². The van der Waals surface area contributed by atoms with E-state index in [2.05, 4.69) is 0 Å². The van der Waals surface area contributed by atoms with Crippen molar-refractivity contribution in [1.29, 1.82) is 0 Å². The van der Waals surface area contributed by atoms with E-state index < -0.39 is 164 Å². The van der Waals surface area contributed by atoms with Crippen molar-refractivity contribution in [2.75, 3.05) is 0 Å². The summed E-state index contributed by atoms with van der Waals surface area (Å²) in [5.41, 5.74) is 0. The summed E-state index contributed by atoms with van der Waals surface area (Å²) in [6.45, 7) is 0. The molecule has 0 saturated carbocycles. The summed E-state index contributed by atoms with van der Waals surface area (Å²) in [7, 11) is -14.7. The predicted octanol–water partition coefficient (Wildman–Crippen LogP) is 16.6. The highest BCUT2D eigenvalue weighted by Gasteiger charge is 3.07. The van der Waals surface area contributed by atoms with E-state index in [9.17, 15) is 193 Å². The number of hydrogen-bond acceptors (Lipinski definition) is 4. The van der Waals surface area contributed by atoms with Crippen LogP contribution in [-0.2, 0) is 19.3 Å². The lowest BCUT2D eigenvalue weighted by Gasteiger charge is -2.53. The second-order valence-electron chi connectivity index (χ2n) is 15.2. The van der Waals surface area contributed by atoms with Gasteiger partial charge in [-0.2, -0.15) is 228 Å². The summed E-state index contributed by atoms with van der Waals surface area (Å²) in [5.74, 6) is -180. The van der Waals surface area contributed by atoms with Crippen LogP contribution in [0.1, 0.15) is 0 Å². The Labute approximate surface area is 420 Å². The van der Waals surface area contributed by atoms with Crippen LogP contribution in [0.2, 0.25) is 0 Å². The van der Waals surface area contributed by atoms with Gasteiger partial charge in [-0.25, -0.2) is 17.2 Å². The van der Waals surface area contributed by atoms with Crippen LogP contribution < -0.4 is 0 Å². The fraction of sp³-hybridized carbons (Fsp3) is 1.00. The van der Waals surface area contributed by atoms with Crippen LogP contribution >= 0.6 is 0 Å². The lowest BCUT2D eigenvalue weighted by molar-refractivity contribution is -0.515. The molecule has 0 spiro atoms. The molecule has 0 aliphatic rings. The van der Waals surface area contributed by atoms with Crippen molar-refractivity contribution in [3.05, 3.63) is 0 Å². The Hall–Kier alpha value is -3.91. The van der Waals surface area contributed by atoms with Gasteiger partial charge in [0.15, 0.2) is 0 Å². The minimum absolute atomic E-state index is 0.124. The topological polar surface area (TPSA) is 52.6 Å². The molecule has 85 heavy (non-hydrogen) atoms. The molecule has 0 fully saturated rings. The molecule has 4 nitrogen and oxygen atoms in total. The van der Waals surface area contributed by atoms with Gasteiger partial charge in [0.25, 0.3) is 0 Å². The smallest absolute Gasteiger partial charge is 0.266 e. The average molecular weight is 1430 g/mol. The van der Waals surface area contributed by atoms with Crippen molar-refractivity contribution in [1.82, 2.24) is 0 Å². The number of rotatable bonds is 22. The van der Waals surface area contributed by atoms with Gasteiger partial charge in [-0.15, -0.1) is 0 Å². The van der Waals surface area contributed by atoms with Crippen molar-refractivity contribution in [3.63, 3.8) is 0 Å². The quantitative estimate of drug-likeness (QED) is 0.101. The summed E-state index contributed by atoms with van der Waals surface area (Å²) in [6.07, 6.45) is -80.4. The standard InChI is InChI=1S/C26F54O4S/c27-1(28,3(31,32)7(39,40)11(47,48)19(59,60)61)5(35,36)9(43,44)17(57,15(55,23(71,72)73)83-25(77,78)13(51,52)21(65,66)67)85(81,82)18(58,16(56,24(74,75)76)84-26(79,80)14(53,54)22(68,69)70)10(45,46)6(37,38)2(29,30)4(33,34)8(41,42)12(49,50)20(62,63)64. The van der Waals surface area contributed by atoms with Gasteiger partial charge in [-0.3, -0.25) is 9.47 Å². The zero-order chi connectivity index (χ0) is 70.9. The summed E-state index contributed by atoms with van der Waals surface area (Å²) in [4.78, 5) is 0. The highest BCUT2D eigenvalue weighted by molar-refractivity contribution is 7.94. The summed E-state index contributed by atoms with van der Waals surface area (Å²) in [5, 5.41) is -26.3. The highest BCUT2D eigenvalue weighted by Crippen LogP contribution is 2.74. The Morgan fingerprint density at radius 1 is 0.165 bits per heavy atom. The normalized spacial score (nSPS) is 19.7. The average Bonchev–Trinajstić information content (AvgIpc) is 3.21. The molecular formula is C26F54O4S. The first-order chi connectivity index (χ1) is 35.4. The molecule has 4 unspecified atom stereocenters. The van der Waals surface area contributed by atoms with Crippen LogP contribution in [-0.4, -0.2) is 162 Å². The summed E-state index contributed by atoms with van der Waals surface area (Å²) in [6, 6.07) is 0. The van der Waals surface area contributed by atoms with E-state index in [0.29, 0.717) is 0 Å². The van der Waals surface area contributed by atoms with Gasteiger partial charge >= 0.3 is 154 Å². The molecule has 0 aliphatic carbocycles. The molecule has 0 aromatic heterocycles. The van der Waals surface area contributed by atoms with E-state index in [-0.39, 0.29) is 9.47 Å². The van der Waals surface area contributed by atoms with E-state index in [1.54, 1.807) is 0 Å². The molecular weight excluding hydrogens is 1430 g/mol. The second-order valence-corrected chi connectivity index (χ2v) is 17.3. The van der Waals surface area contributed by atoms with Gasteiger partial charge in [-0.1, -0.05) is 0 Å². The van der Waals surface area contributed by atoms with Crippen LogP contribution in [0.4, 0.5) is 237 Å². The van der Waals surface area contributed by atoms with Gasteiger partial charge < -0.3 is 0 Å². The van der Waals surface area contributed by atoms with Crippen LogP contribution in [0.25, 0.3) is 0 Å². The Bertz CT molecular complexity index is 2360. The number of ether oxygens (including phenoxy) is 2. The minimum Gasteiger partial charge on any atom is -0.266 e. The third-order valence-corrected chi connectivity index (χ3v) is 12.3. The monoisotopic (exact) mass is 1430 g/mol. The largest absolute Gasteiger partial charge is 0.462 e. The number of hydrogen-bond donors (Lipinski definition) is 0. The van der Waals surface area contributed by atoms with Gasteiger partial charge in [0.1, 0.15) is 0 Å². The van der Waals surface area contributed by atoms with Crippen molar-refractivity contribution < 1.29 is 255 Å².